The lowest BCUT2D eigenvalue weighted by atomic mass is 10.1. The minimum Gasteiger partial charge on any atom is -0.444 e. The zero-order chi connectivity index (χ0) is 19.9. The van der Waals surface area contributed by atoms with Crippen molar-refractivity contribution in [2.24, 2.45) is 0 Å². The maximum Gasteiger partial charge on any atom is 0.410 e. The van der Waals surface area contributed by atoms with Gasteiger partial charge in [-0.3, -0.25) is 9.88 Å². The van der Waals surface area contributed by atoms with Crippen molar-refractivity contribution in [3.63, 3.8) is 0 Å². The monoisotopic (exact) mass is 442 g/mol. The molecule has 1 amide bonds. The number of carbonyl (C=O) groups is 1. The van der Waals surface area contributed by atoms with E-state index in [9.17, 15) is 4.79 Å². The van der Waals surface area contributed by atoms with E-state index in [4.69, 9.17) is 4.74 Å². The number of aromatic nitrogens is 3. The van der Waals surface area contributed by atoms with Crippen LogP contribution >= 0.6 is 15.9 Å². The van der Waals surface area contributed by atoms with Crippen LogP contribution in [0.1, 0.15) is 45.5 Å². The molecule has 1 saturated heterocycles. The lowest BCUT2D eigenvalue weighted by molar-refractivity contribution is 0.0219. The molecule has 3 aromatic rings. The highest BCUT2D eigenvalue weighted by molar-refractivity contribution is 9.10. The molecule has 1 aliphatic heterocycles. The first-order valence-electron chi connectivity index (χ1n) is 9.40. The van der Waals surface area contributed by atoms with Crippen molar-refractivity contribution in [1.29, 1.82) is 0 Å². The van der Waals surface area contributed by atoms with Gasteiger partial charge in [0.15, 0.2) is 0 Å². The van der Waals surface area contributed by atoms with Gasteiger partial charge in [0.2, 0.25) is 0 Å². The highest BCUT2D eigenvalue weighted by atomic mass is 79.9. The summed E-state index contributed by atoms with van der Waals surface area (Å²) < 4.78 is 6.56. The number of amides is 1. The summed E-state index contributed by atoms with van der Waals surface area (Å²) in [4.78, 5) is 26.8. The van der Waals surface area contributed by atoms with E-state index in [0.717, 1.165) is 45.3 Å². The Morgan fingerprint density at radius 1 is 1.25 bits per heavy atom. The molecule has 4 rings (SSSR count). The number of hydrogen-bond donors (Lipinski definition) is 1. The van der Waals surface area contributed by atoms with Crippen LogP contribution in [-0.4, -0.2) is 38.1 Å². The van der Waals surface area contributed by atoms with Crippen molar-refractivity contribution in [2.45, 2.75) is 45.3 Å². The van der Waals surface area contributed by atoms with Crippen LogP contribution in [0.15, 0.2) is 41.1 Å². The number of H-pyrrole nitrogens is 1. The highest BCUT2D eigenvalue weighted by Gasteiger charge is 2.34. The number of imidazole rings is 1. The summed E-state index contributed by atoms with van der Waals surface area (Å²) in [6.07, 6.45) is 5.17. The van der Waals surface area contributed by atoms with Gasteiger partial charge in [0.05, 0.1) is 23.4 Å². The van der Waals surface area contributed by atoms with Gasteiger partial charge in [-0.05, 0) is 51.8 Å². The van der Waals surface area contributed by atoms with Gasteiger partial charge in [0.25, 0.3) is 0 Å². The summed E-state index contributed by atoms with van der Waals surface area (Å²) >= 11 is 3.47. The molecule has 0 saturated carbocycles. The molecule has 1 unspecified atom stereocenters. The first-order valence-corrected chi connectivity index (χ1v) is 10.2. The van der Waals surface area contributed by atoms with E-state index in [1.165, 1.54) is 0 Å². The summed E-state index contributed by atoms with van der Waals surface area (Å²) in [6.45, 7) is 6.33. The molecule has 1 fully saturated rings. The van der Waals surface area contributed by atoms with Gasteiger partial charge in [0.1, 0.15) is 11.4 Å². The van der Waals surface area contributed by atoms with Gasteiger partial charge >= 0.3 is 6.09 Å². The number of aromatic amines is 1. The van der Waals surface area contributed by atoms with Crippen LogP contribution in [0, 0.1) is 0 Å². The zero-order valence-corrected chi connectivity index (χ0v) is 17.8. The fraction of sp³-hybridized carbons (Fsp3) is 0.381. The molecule has 6 nitrogen and oxygen atoms in total. The molecule has 3 heterocycles. The first kappa shape index (κ1) is 18.9. The average molecular weight is 443 g/mol. The Balaban J connectivity index is 1.58. The van der Waals surface area contributed by atoms with Crippen molar-refractivity contribution in [1.82, 2.24) is 19.9 Å². The molecule has 0 aliphatic carbocycles. The first-order chi connectivity index (χ1) is 13.3. The number of pyridine rings is 1. The number of nitrogens with zero attached hydrogens (tertiary/aromatic N) is 3. The summed E-state index contributed by atoms with van der Waals surface area (Å²) in [7, 11) is 0. The third kappa shape index (κ3) is 3.90. The Hall–Kier alpha value is -2.41. The van der Waals surface area contributed by atoms with Crippen molar-refractivity contribution >= 4 is 32.9 Å². The summed E-state index contributed by atoms with van der Waals surface area (Å²) in [6, 6.07) is 8.03. The Bertz CT molecular complexity index is 1020. The third-order valence-corrected chi connectivity index (χ3v) is 5.24. The largest absolute Gasteiger partial charge is 0.444 e. The number of nitrogens with one attached hydrogen (secondary N) is 1. The Morgan fingerprint density at radius 2 is 2.07 bits per heavy atom. The van der Waals surface area contributed by atoms with Crippen LogP contribution in [-0.2, 0) is 4.74 Å². The van der Waals surface area contributed by atoms with E-state index >= 15 is 0 Å². The lowest BCUT2D eigenvalue weighted by Gasteiger charge is -2.27. The molecule has 0 spiro atoms. The van der Waals surface area contributed by atoms with Crippen molar-refractivity contribution < 1.29 is 9.53 Å². The van der Waals surface area contributed by atoms with E-state index in [1.807, 2.05) is 51.4 Å². The summed E-state index contributed by atoms with van der Waals surface area (Å²) in [5, 5.41) is 1.06. The van der Waals surface area contributed by atoms with Gasteiger partial charge in [0, 0.05) is 28.2 Å². The number of fused-ring (bicyclic) bond motifs is 1. The van der Waals surface area contributed by atoms with Crippen LogP contribution in [0.4, 0.5) is 4.79 Å². The van der Waals surface area contributed by atoms with Crippen LogP contribution in [0.2, 0.25) is 0 Å². The fourth-order valence-electron chi connectivity index (χ4n) is 3.48. The Morgan fingerprint density at radius 3 is 2.86 bits per heavy atom. The second-order valence-electron chi connectivity index (χ2n) is 8.07. The lowest BCUT2D eigenvalue weighted by Crippen LogP contribution is -2.36. The minimum atomic E-state index is -0.510. The molecule has 1 N–H and O–H groups in total. The number of halogens is 1. The molecule has 1 aromatic carbocycles. The van der Waals surface area contributed by atoms with Crippen molar-refractivity contribution in [3.8, 4) is 11.3 Å². The maximum atomic E-state index is 12.5. The fourth-order valence-corrected chi connectivity index (χ4v) is 3.83. The smallest absolute Gasteiger partial charge is 0.410 e. The number of hydrogen-bond acceptors (Lipinski definition) is 4. The van der Waals surface area contributed by atoms with E-state index in [1.54, 1.807) is 4.90 Å². The zero-order valence-electron chi connectivity index (χ0n) is 16.2. The second-order valence-corrected chi connectivity index (χ2v) is 8.99. The van der Waals surface area contributed by atoms with Crippen molar-refractivity contribution in [3.05, 3.63) is 47.0 Å². The van der Waals surface area contributed by atoms with Crippen LogP contribution < -0.4 is 0 Å². The van der Waals surface area contributed by atoms with Gasteiger partial charge in [-0.2, -0.15) is 0 Å². The minimum absolute atomic E-state index is 0.0898. The van der Waals surface area contributed by atoms with Gasteiger partial charge in [-0.25, -0.2) is 9.78 Å². The van der Waals surface area contributed by atoms with Gasteiger partial charge in [-0.1, -0.05) is 22.0 Å². The van der Waals surface area contributed by atoms with E-state index in [2.05, 4.69) is 36.9 Å². The molecular weight excluding hydrogens is 420 g/mol. The van der Waals surface area contributed by atoms with Gasteiger partial charge < -0.3 is 9.72 Å². The highest BCUT2D eigenvalue weighted by Crippen LogP contribution is 2.33. The second kappa shape index (κ2) is 7.20. The molecule has 28 heavy (non-hydrogen) atoms. The molecule has 7 heteroatoms. The Kier molecular flexibility index (Phi) is 4.87. The predicted octanol–water partition coefficient (Wildman–Crippen LogP) is 5.46. The van der Waals surface area contributed by atoms with E-state index in [-0.39, 0.29) is 12.1 Å². The molecule has 146 valence electrons. The number of benzene rings is 1. The van der Waals surface area contributed by atoms with Crippen LogP contribution in [0.25, 0.3) is 22.2 Å². The molecule has 2 aromatic heterocycles. The Labute approximate surface area is 172 Å². The number of carbonyl (C=O) groups excluding carboxylic acids is 1. The van der Waals surface area contributed by atoms with E-state index < -0.39 is 5.60 Å². The standard InChI is InChI=1S/C21H23BrN4O2/c1-21(2,3)28-20(27)26-8-4-5-18(26)19-24-12-17(25-19)14-9-13-6-7-15(22)10-16(13)23-11-14/h6-7,9-12,18H,4-5,8H2,1-3H3,(H,24,25). The predicted molar refractivity (Wildman–Crippen MR) is 112 cm³/mol. The van der Waals surface area contributed by atoms with Crippen LogP contribution in [0.3, 0.4) is 0 Å². The number of ether oxygens (including phenoxy) is 1. The topological polar surface area (TPSA) is 71.1 Å². The molecular formula is C21H23BrN4O2. The summed E-state index contributed by atoms with van der Waals surface area (Å²) in [5.74, 6) is 0.786. The van der Waals surface area contributed by atoms with Crippen molar-refractivity contribution in [2.75, 3.05) is 6.54 Å². The summed E-state index contributed by atoms with van der Waals surface area (Å²) in [5.41, 5.74) is 2.29. The van der Waals surface area contributed by atoms with Gasteiger partial charge in [-0.15, -0.1) is 0 Å². The van der Waals surface area contributed by atoms with Crippen LogP contribution in [0.5, 0.6) is 0 Å². The van der Waals surface area contributed by atoms with E-state index in [0.29, 0.717) is 6.54 Å². The quantitative estimate of drug-likeness (QED) is 0.571. The SMILES string of the molecule is CC(C)(C)OC(=O)N1CCCC1c1ncc(-c2cnc3cc(Br)ccc3c2)[nH]1. The average Bonchev–Trinajstić information content (AvgIpc) is 3.29. The molecule has 0 bridgehead atoms. The number of likely N-dealkylation sites (tertiary alicyclic amines) is 1. The molecule has 1 atom stereocenters. The maximum absolute atomic E-state index is 12.5. The number of rotatable bonds is 2. The molecule has 1 aliphatic rings. The molecule has 0 radical (unpaired) electrons. The third-order valence-electron chi connectivity index (χ3n) is 4.75. The normalized spacial score (nSPS) is 17.3.